The van der Waals surface area contributed by atoms with Gasteiger partial charge in [-0.2, -0.15) is 0 Å². The predicted octanol–water partition coefficient (Wildman–Crippen LogP) is 3.72. The first kappa shape index (κ1) is 15.8. The van der Waals surface area contributed by atoms with Crippen molar-refractivity contribution in [1.29, 1.82) is 0 Å². The number of hydrogen-bond acceptors (Lipinski definition) is 3. The number of phenols is 1. The number of rotatable bonds is 4. The van der Waals surface area contributed by atoms with E-state index in [4.69, 9.17) is 11.6 Å². The Kier molecular flexibility index (Phi) is 5.49. The van der Waals surface area contributed by atoms with E-state index in [1.807, 2.05) is 19.1 Å². The Balaban J connectivity index is 2.35. The number of hydrogen-bond donors (Lipinski definition) is 2. The Labute approximate surface area is 133 Å². The molecule has 110 valence electrons. The second-order valence-electron chi connectivity index (χ2n) is 5.26. The van der Waals surface area contributed by atoms with Gasteiger partial charge in [0.25, 0.3) is 0 Å². The summed E-state index contributed by atoms with van der Waals surface area (Å²) < 4.78 is 0.568. The highest BCUT2D eigenvalue weighted by Gasteiger charge is 2.25. The summed E-state index contributed by atoms with van der Waals surface area (Å²) in [5.74, 6) is 0.238. The molecule has 0 unspecified atom stereocenters. The van der Waals surface area contributed by atoms with Gasteiger partial charge in [-0.25, -0.2) is 0 Å². The molecule has 0 saturated carbocycles. The van der Waals surface area contributed by atoms with E-state index in [0.29, 0.717) is 9.50 Å². The quantitative estimate of drug-likeness (QED) is 0.804. The van der Waals surface area contributed by atoms with Crippen LogP contribution in [0.2, 0.25) is 5.02 Å². The van der Waals surface area contributed by atoms with Crippen molar-refractivity contribution in [2.45, 2.75) is 19.4 Å². The summed E-state index contributed by atoms with van der Waals surface area (Å²) in [7, 11) is 0. The van der Waals surface area contributed by atoms with Crippen LogP contribution >= 0.6 is 27.5 Å². The molecule has 1 saturated heterocycles. The van der Waals surface area contributed by atoms with Crippen LogP contribution in [0.5, 0.6) is 5.75 Å². The molecule has 1 aliphatic rings. The average Bonchev–Trinajstić information content (AvgIpc) is 2.44. The zero-order chi connectivity index (χ0) is 14.7. The summed E-state index contributed by atoms with van der Waals surface area (Å²) >= 11 is 9.39. The van der Waals surface area contributed by atoms with E-state index in [-0.39, 0.29) is 11.8 Å². The third-order valence-corrected chi connectivity index (χ3v) is 4.94. The molecule has 1 aliphatic heterocycles. The number of nitrogens with zero attached hydrogens (tertiary/aromatic N) is 1. The smallest absolute Gasteiger partial charge is 0.136 e. The highest BCUT2D eigenvalue weighted by molar-refractivity contribution is 9.10. The van der Waals surface area contributed by atoms with E-state index < -0.39 is 0 Å². The van der Waals surface area contributed by atoms with Gasteiger partial charge in [0, 0.05) is 37.8 Å². The van der Waals surface area contributed by atoms with E-state index >= 15 is 0 Å². The van der Waals surface area contributed by atoms with Gasteiger partial charge in [-0.1, -0.05) is 23.2 Å². The van der Waals surface area contributed by atoms with Crippen molar-refractivity contribution >= 4 is 27.5 Å². The molecule has 1 aromatic carbocycles. The molecule has 1 aromatic rings. The van der Waals surface area contributed by atoms with Crippen molar-refractivity contribution in [2.24, 2.45) is 0 Å². The van der Waals surface area contributed by atoms with E-state index in [2.05, 4.69) is 32.7 Å². The van der Waals surface area contributed by atoms with Crippen LogP contribution in [-0.4, -0.2) is 36.2 Å². The minimum Gasteiger partial charge on any atom is -0.506 e. The maximum absolute atomic E-state index is 10.4. The van der Waals surface area contributed by atoms with E-state index in [0.717, 1.165) is 43.7 Å². The Morgan fingerprint density at radius 3 is 2.75 bits per heavy atom. The maximum Gasteiger partial charge on any atom is 0.136 e. The molecule has 1 atom stereocenters. The Morgan fingerprint density at radius 2 is 2.15 bits per heavy atom. The molecule has 0 aliphatic carbocycles. The number of benzene rings is 1. The fourth-order valence-corrected chi connectivity index (χ4v) is 3.10. The van der Waals surface area contributed by atoms with Crippen LogP contribution in [-0.2, 0) is 0 Å². The Hall–Kier alpha value is -0.550. The Bertz CT molecular complexity index is 501. The van der Waals surface area contributed by atoms with E-state index in [1.165, 1.54) is 0 Å². The molecule has 20 heavy (non-hydrogen) atoms. The molecule has 5 heteroatoms. The molecule has 2 N–H and O–H groups in total. The zero-order valence-corrected chi connectivity index (χ0v) is 14.0. The predicted molar refractivity (Wildman–Crippen MR) is 87.4 cm³/mol. The van der Waals surface area contributed by atoms with Crippen LogP contribution < -0.4 is 5.32 Å². The van der Waals surface area contributed by atoms with Crippen LogP contribution in [0, 0.1) is 0 Å². The van der Waals surface area contributed by atoms with Crippen LogP contribution in [0.1, 0.15) is 24.9 Å². The standard InChI is InChI=1S/C15H20BrClN2O/c1-10(2)9-13(19-7-5-18-6-8-19)11-3-4-12(17)14(16)15(11)20/h3-4,13,18,20H,1,5-9H2,2H3/t13-/m1/s1. The number of nitrogens with one attached hydrogen (secondary N) is 1. The average molecular weight is 360 g/mol. The third-order valence-electron chi connectivity index (χ3n) is 3.59. The molecule has 0 spiro atoms. The molecule has 1 fully saturated rings. The van der Waals surface area contributed by atoms with E-state index in [1.54, 1.807) is 0 Å². The Morgan fingerprint density at radius 1 is 1.50 bits per heavy atom. The van der Waals surface area contributed by atoms with Gasteiger partial charge in [0.05, 0.1) is 9.50 Å². The summed E-state index contributed by atoms with van der Waals surface area (Å²) in [6.07, 6.45) is 0.835. The fourth-order valence-electron chi connectivity index (χ4n) is 2.58. The number of phenolic OH excluding ortho intramolecular Hbond substituents is 1. The number of piperazine rings is 1. The summed E-state index contributed by atoms with van der Waals surface area (Å²) in [5, 5.41) is 14.3. The lowest BCUT2D eigenvalue weighted by Crippen LogP contribution is -2.45. The third kappa shape index (κ3) is 3.55. The minimum absolute atomic E-state index is 0.142. The van der Waals surface area contributed by atoms with Gasteiger partial charge in [0.1, 0.15) is 5.75 Å². The van der Waals surface area contributed by atoms with Gasteiger partial charge in [-0.15, -0.1) is 6.58 Å². The molecule has 0 radical (unpaired) electrons. The summed E-state index contributed by atoms with van der Waals surface area (Å²) in [5.41, 5.74) is 2.02. The molecule has 0 aromatic heterocycles. The van der Waals surface area contributed by atoms with Gasteiger partial charge in [0.15, 0.2) is 0 Å². The first-order valence-electron chi connectivity index (χ1n) is 6.76. The molecule has 0 bridgehead atoms. The second kappa shape index (κ2) is 6.94. The fraction of sp³-hybridized carbons (Fsp3) is 0.467. The van der Waals surface area contributed by atoms with Crippen molar-refractivity contribution in [3.8, 4) is 5.75 Å². The molecule has 3 nitrogen and oxygen atoms in total. The maximum atomic E-state index is 10.4. The molecule has 1 heterocycles. The first-order valence-corrected chi connectivity index (χ1v) is 7.94. The van der Waals surface area contributed by atoms with Gasteiger partial charge >= 0.3 is 0 Å². The van der Waals surface area contributed by atoms with Crippen molar-refractivity contribution in [3.05, 3.63) is 39.3 Å². The largest absolute Gasteiger partial charge is 0.506 e. The summed E-state index contributed by atoms with van der Waals surface area (Å²) in [4.78, 5) is 2.39. The highest BCUT2D eigenvalue weighted by Crippen LogP contribution is 2.40. The van der Waals surface area contributed by atoms with E-state index in [9.17, 15) is 5.11 Å². The first-order chi connectivity index (χ1) is 9.50. The lowest BCUT2D eigenvalue weighted by Gasteiger charge is -2.36. The number of aromatic hydroxyl groups is 1. The van der Waals surface area contributed by atoms with Crippen LogP contribution in [0.4, 0.5) is 0 Å². The highest BCUT2D eigenvalue weighted by atomic mass is 79.9. The molecular formula is C15H20BrClN2O. The normalized spacial score (nSPS) is 17.9. The second-order valence-corrected chi connectivity index (χ2v) is 6.46. The van der Waals surface area contributed by atoms with Crippen molar-refractivity contribution in [2.75, 3.05) is 26.2 Å². The van der Waals surface area contributed by atoms with Crippen LogP contribution in [0.3, 0.4) is 0 Å². The van der Waals surface area contributed by atoms with Crippen LogP contribution in [0.25, 0.3) is 0 Å². The van der Waals surface area contributed by atoms with Gasteiger partial charge < -0.3 is 10.4 Å². The molecular weight excluding hydrogens is 340 g/mol. The lowest BCUT2D eigenvalue weighted by atomic mass is 9.97. The molecule has 0 amide bonds. The van der Waals surface area contributed by atoms with Crippen LogP contribution in [0.15, 0.2) is 28.8 Å². The van der Waals surface area contributed by atoms with Gasteiger partial charge in [-0.3, -0.25) is 4.90 Å². The molecule has 2 rings (SSSR count). The topological polar surface area (TPSA) is 35.5 Å². The SMILES string of the molecule is C=C(C)C[C@H](c1ccc(Cl)c(Br)c1O)N1CCNCC1. The monoisotopic (exact) mass is 358 g/mol. The minimum atomic E-state index is 0.142. The zero-order valence-electron chi connectivity index (χ0n) is 11.6. The van der Waals surface area contributed by atoms with Crippen molar-refractivity contribution in [3.63, 3.8) is 0 Å². The van der Waals surface area contributed by atoms with Gasteiger partial charge in [-0.05, 0) is 35.3 Å². The summed E-state index contributed by atoms with van der Waals surface area (Å²) in [6.45, 7) is 9.94. The van der Waals surface area contributed by atoms with Crippen molar-refractivity contribution in [1.82, 2.24) is 10.2 Å². The van der Waals surface area contributed by atoms with Gasteiger partial charge in [0.2, 0.25) is 0 Å². The lowest BCUT2D eigenvalue weighted by molar-refractivity contribution is 0.170. The summed E-state index contributed by atoms with van der Waals surface area (Å²) in [6, 6.07) is 3.88. The van der Waals surface area contributed by atoms with Crippen molar-refractivity contribution < 1.29 is 5.11 Å². The number of halogens is 2.